The van der Waals surface area contributed by atoms with E-state index in [0.717, 1.165) is 11.6 Å². The number of benzene rings is 1. The molecule has 0 saturated heterocycles. The molecule has 1 aromatic rings. The maximum absolute atomic E-state index is 14.5. The summed E-state index contributed by atoms with van der Waals surface area (Å²) in [6, 6.07) is 5.72. The Hall–Kier alpha value is -1.62. The predicted molar refractivity (Wildman–Crippen MR) is 98.2 cm³/mol. The molecular formula is C20H28FN3O. The Morgan fingerprint density at radius 1 is 1.28 bits per heavy atom. The van der Waals surface area contributed by atoms with E-state index < -0.39 is 5.54 Å². The summed E-state index contributed by atoms with van der Waals surface area (Å²) in [6.45, 7) is 7.32. The number of amidine groups is 1. The van der Waals surface area contributed by atoms with E-state index in [4.69, 9.17) is 10.5 Å². The molecule has 2 aliphatic carbocycles. The van der Waals surface area contributed by atoms with E-state index >= 15 is 0 Å². The van der Waals surface area contributed by atoms with Crippen molar-refractivity contribution in [1.29, 1.82) is 0 Å². The molecule has 2 bridgehead atoms. The largest absolute Gasteiger partial charge is 0.386 e. The second-order valence-corrected chi connectivity index (χ2v) is 8.75. The fourth-order valence-corrected chi connectivity index (χ4v) is 5.31. The highest BCUT2D eigenvalue weighted by molar-refractivity contribution is 5.82. The van der Waals surface area contributed by atoms with Gasteiger partial charge >= 0.3 is 0 Å². The first-order valence-corrected chi connectivity index (χ1v) is 9.28. The van der Waals surface area contributed by atoms with Crippen LogP contribution in [0.25, 0.3) is 0 Å². The number of nitrogens with one attached hydrogen (secondary N) is 1. The van der Waals surface area contributed by atoms with Gasteiger partial charge in [0.25, 0.3) is 0 Å². The van der Waals surface area contributed by atoms with Gasteiger partial charge in [0.15, 0.2) is 0 Å². The molecule has 4 atom stereocenters. The molecule has 0 aromatic heterocycles. The molecule has 4 nitrogen and oxygen atoms in total. The fraction of sp³-hybridized carbons (Fsp3) is 0.650. The maximum atomic E-state index is 14.5. The molecule has 3 aliphatic rings. The zero-order valence-electron chi connectivity index (χ0n) is 15.3. The Morgan fingerprint density at radius 3 is 2.72 bits per heavy atom. The summed E-state index contributed by atoms with van der Waals surface area (Å²) in [5, 5.41) is 3.68. The zero-order valence-corrected chi connectivity index (χ0v) is 15.3. The molecule has 1 aliphatic heterocycles. The summed E-state index contributed by atoms with van der Waals surface area (Å²) >= 11 is 0. The summed E-state index contributed by atoms with van der Waals surface area (Å²) in [7, 11) is 0. The Labute approximate surface area is 149 Å². The van der Waals surface area contributed by atoms with Crippen molar-refractivity contribution in [1.82, 2.24) is 0 Å². The van der Waals surface area contributed by atoms with Gasteiger partial charge in [-0.15, -0.1) is 0 Å². The van der Waals surface area contributed by atoms with Gasteiger partial charge in [-0.1, -0.05) is 13.8 Å². The van der Waals surface area contributed by atoms with Crippen molar-refractivity contribution in [2.24, 2.45) is 28.0 Å². The molecule has 136 valence electrons. The topological polar surface area (TPSA) is 59.6 Å². The molecule has 2 fully saturated rings. The molecule has 4 rings (SSSR count). The second-order valence-electron chi connectivity index (χ2n) is 8.75. The van der Waals surface area contributed by atoms with Crippen LogP contribution in [0.5, 0.6) is 0 Å². The van der Waals surface area contributed by atoms with Crippen LogP contribution in [-0.2, 0) is 10.3 Å². The van der Waals surface area contributed by atoms with Crippen LogP contribution in [0.3, 0.4) is 0 Å². The molecule has 3 N–H and O–H groups in total. The van der Waals surface area contributed by atoms with E-state index in [0.29, 0.717) is 42.0 Å². The van der Waals surface area contributed by atoms with E-state index in [9.17, 15) is 4.39 Å². The highest BCUT2D eigenvalue weighted by Gasteiger charge is 2.53. The molecule has 25 heavy (non-hydrogen) atoms. The van der Waals surface area contributed by atoms with Gasteiger partial charge in [-0.05, 0) is 61.6 Å². The van der Waals surface area contributed by atoms with Crippen molar-refractivity contribution in [3.63, 3.8) is 0 Å². The number of aliphatic imine (C=N–C) groups is 1. The number of hydrogen-bond donors (Lipinski definition) is 2. The number of rotatable bonds is 3. The van der Waals surface area contributed by atoms with E-state index in [1.807, 2.05) is 19.1 Å². The SMILES string of the molecule is CC1(C)[C@@H]2CC[C@H]1[C@H](Nc1ccc(F)c([C@]3(C)COCC(N)=N3)c1)C2. The number of fused-ring (bicyclic) bond motifs is 2. The van der Waals surface area contributed by atoms with Gasteiger partial charge in [-0.25, -0.2) is 4.39 Å². The lowest BCUT2D eigenvalue weighted by Gasteiger charge is -2.31. The van der Waals surface area contributed by atoms with Crippen LogP contribution in [0.2, 0.25) is 0 Å². The van der Waals surface area contributed by atoms with Gasteiger partial charge in [0.1, 0.15) is 23.8 Å². The summed E-state index contributed by atoms with van der Waals surface area (Å²) in [5.74, 6) is 1.64. The first-order valence-electron chi connectivity index (χ1n) is 9.28. The predicted octanol–water partition coefficient (Wildman–Crippen LogP) is 3.66. The average molecular weight is 345 g/mol. The van der Waals surface area contributed by atoms with Crippen molar-refractivity contribution in [3.8, 4) is 0 Å². The normalized spacial score (nSPS) is 36.3. The molecule has 5 heteroatoms. The molecular weight excluding hydrogens is 317 g/mol. The van der Waals surface area contributed by atoms with Crippen molar-refractivity contribution in [2.75, 3.05) is 18.5 Å². The molecule has 0 spiro atoms. The highest BCUT2D eigenvalue weighted by Crippen LogP contribution is 2.58. The minimum atomic E-state index is -0.766. The molecule has 1 aromatic carbocycles. The molecule has 2 saturated carbocycles. The second kappa shape index (κ2) is 5.70. The third kappa shape index (κ3) is 2.73. The third-order valence-electron chi connectivity index (χ3n) is 6.78. The lowest BCUT2D eigenvalue weighted by Crippen LogP contribution is -2.38. The summed E-state index contributed by atoms with van der Waals surface area (Å²) in [5.41, 5.74) is 6.97. The van der Waals surface area contributed by atoms with Gasteiger partial charge in [-0.2, -0.15) is 0 Å². The average Bonchev–Trinajstić information content (AvgIpc) is 2.96. The fourth-order valence-electron chi connectivity index (χ4n) is 5.31. The molecule has 0 amide bonds. The quantitative estimate of drug-likeness (QED) is 0.879. The van der Waals surface area contributed by atoms with E-state index in [-0.39, 0.29) is 5.82 Å². The maximum Gasteiger partial charge on any atom is 0.129 e. The van der Waals surface area contributed by atoms with Crippen molar-refractivity contribution in [2.45, 2.75) is 51.6 Å². The Bertz CT molecular complexity index is 717. The van der Waals surface area contributed by atoms with Crippen molar-refractivity contribution < 1.29 is 9.13 Å². The van der Waals surface area contributed by atoms with Crippen LogP contribution in [0, 0.1) is 23.1 Å². The Balaban J connectivity index is 1.60. The van der Waals surface area contributed by atoms with Crippen LogP contribution in [0.1, 0.15) is 45.6 Å². The van der Waals surface area contributed by atoms with E-state index in [1.54, 1.807) is 0 Å². The third-order valence-corrected chi connectivity index (χ3v) is 6.78. The Kier molecular flexibility index (Phi) is 3.83. The monoisotopic (exact) mass is 345 g/mol. The molecule has 0 unspecified atom stereocenters. The zero-order chi connectivity index (χ0) is 17.8. The summed E-state index contributed by atoms with van der Waals surface area (Å²) < 4.78 is 20.0. The Morgan fingerprint density at radius 2 is 2.08 bits per heavy atom. The van der Waals surface area contributed by atoms with Gasteiger partial charge in [0.2, 0.25) is 0 Å². The van der Waals surface area contributed by atoms with Crippen LogP contribution in [0.15, 0.2) is 23.2 Å². The smallest absolute Gasteiger partial charge is 0.129 e. The van der Waals surface area contributed by atoms with Crippen LogP contribution in [-0.4, -0.2) is 25.1 Å². The van der Waals surface area contributed by atoms with Crippen LogP contribution < -0.4 is 11.1 Å². The minimum Gasteiger partial charge on any atom is -0.386 e. The minimum absolute atomic E-state index is 0.261. The first-order chi connectivity index (χ1) is 11.8. The number of hydrogen-bond acceptors (Lipinski definition) is 4. The lowest BCUT2D eigenvalue weighted by atomic mass is 9.81. The van der Waals surface area contributed by atoms with Crippen LogP contribution >= 0.6 is 0 Å². The molecule has 1 heterocycles. The lowest BCUT2D eigenvalue weighted by molar-refractivity contribution is 0.104. The van der Waals surface area contributed by atoms with Crippen LogP contribution in [0.4, 0.5) is 10.1 Å². The number of anilines is 1. The number of halogens is 1. The number of ether oxygens (including phenoxy) is 1. The standard InChI is InChI=1S/C20H28FN3O/c1-19(2)12-4-6-14(19)17(8-12)23-13-5-7-16(21)15(9-13)20(3)11-25-10-18(22)24-20/h5,7,9,12,14,17,23H,4,6,8,10-11H2,1-3H3,(H2,22,24)/t12-,14+,17-,20+/m1/s1. The van der Waals surface area contributed by atoms with Crippen molar-refractivity contribution in [3.05, 3.63) is 29.6 Å². The van der Waals surface area contributed by atoms with Gasteiger partial charge in [0, 0.05) is 17.3 Å². The van der Waals surface area contributed by atoms with Gasteiger partial charge in [0.05, 0.1) is 6.61 Å². The summed E-state index contributed by atoms with van der Waals surface area (Å²) in [4.78, 5) is 4.48. The van der Waals surface area contributed by atoms with E-state index in [1.165, 1.54) is 25.3 Å². The summed E-state index contributed by atoms with van der Waals surface area (Å²) in [6.07, 6.45) is 3.83. The van der Waals surface area contributed by atoms with E-state index in [2.05, 4.69) is 24.2 Å². The highest BCUT2D eigenvalue weighted by atomic mass is 19.1. The van der Waals surface area contributed by atoms with Gasteiger partial charge in [-0.3, -0.25) is 4.99 Å². The number of nitrogens with two attached hydrogens (primary N) is 1. The number of nitrogens with zero attached hydrogens (tertiary/aromatic N) is 1. The molecule has 0 radical (unpaired) electrons. The van der Waals surface area contributed by atoms with Crippen molar-refractivity contribution >= 4 is 11.5 Å². The van der Waals surface area contributed by atoms with Gasteiger partial charge < -0.3 is 15.8 Å². The first kappa shape index (κ1) is 16.8.